The minimum atomic E-state index is -0.656. The Balaban J connectivity index is 2.48. The largest absolute Gasteiger partial charge is 0.394 e. The monoisotopic (exact) mass is 266 g/mol. The van der Waals surface area contributed by atoms with Crippen LogP contribution in [0.25, 0.3) is 0 Å². The molecule has 1 aromatic rings. The van der Waals surface area contributed by atoms with E-state index in [1.165, 1.54) is 0 Å². The fraction of sp³-hybridized carbons (Fsp3) is 0.600. The van der Waals surface area contributed by atoms with Gasteiger partial charge in [-0.3, -0.25) is 0 Å². The molecule has 0 fully saturated rings. The van der Waals surface area contributed by atoms with Crippen LogP contribution in [0.15, 0.2) is 30.3 Å². The van der Waals surface area contributed by atoms with E-state index in [1.54, 1.807) is 7.11 Å². The number of hydrogen-bond donors (Lipinski definition) is 2. The maximum Gasteiger partial charge on any atom is 0.0656 e. The van der Waals surface area contributed by atoms with Crippen LogP contribution in [-0.4, -0.2) is 50.5 Å². The zero-order valence-electron chi connectivity index (χ0n) is 12.0. The van der Waals surface area contributed by atoms with Crippen molar-refractivity contribution in [3.8, 4) is 0 Å². The van der Waals surface area contributed by atoms with Crippen molar-refractivity contribution < 1.29 is 9.84 Å². The predicted octanol–water partition coefficient (Wildman–Crippen LogP) is 1.19. The fourth-order valence-electron chi connectivity index (χ4n) is 2.07. The van der Waals surface area contributed by atoms with E-state index in [2.05, 4.69) is 11.9 Å². The van der Waals surface area contributed by atoms with E-state index in [0.717, 1.165) is 38.1 Å². The second-order valence-electron chi connectivity index (χ2n) is 5.08. The third-order valence-corrected chi connectivity index (χ3v) is 3.46. The molecule has 1 atom stereocenters. The molecule has 0 bridgehead atoms. The molecule has 0 radical (unpaired) electrons. The molecule has 19 heavy (non-hydrogen) atoms. The Bertz CT molecular complexity index is 345. The van der Waals surface area contributed by atoms with Crippen molar-refractivity contribution in [2.45, 2.75) is 18.4 Å². The highest BCUT2D eigenvalue weighted by atomic mass is 16.5. The molecule has 0 aliphatic heterocycles. The van der Waals surface area contributed by atoms with Gasteiger partial charge in [0.2, 0.25) is 0 Å². The standard InChI is InChI=1S/C15H26N2O2/c1-17(10-6-12-19-2)11-9-15(16,13-18)14-7-4-3-5-8-14/h3-5,7-8,18H,6,9-13,16H2,1-2H3. The second kappa shape index (κ2) is 8.27. The number of rotatable bonds is 9. The van der Waals surface area contributed by atoms with Crippen LogP contribution in [0.5, 0.6) is 0 Å². The van der Waals surface area contributed by atoms with Crippen molar-refractivity contribution in [1.29, 1.82) is 0 Å². The number of aliphatic hydroxyl groups excluding tert-OH is 1. The van der Waals surface area contributed by atoms with Gasteiger partial charge in [0.05, 0.1) is 12.1 Å². The lowest BCUT2D eigenvalue weighted by atomic mass is 9.88. The van der Waals surface area contributed by atoms with Gasteiger partial charge in [-0.2, -0.15) is 0 Å². The van der Waals surface area contributed by atoms with Gasteiger partial charge in [0.1, 0.15) is 0 Å². The predicted molar refractivity (Wildman–Crippen MR) is 78.0 cm³/mol. The van der Waals surface area contributed by atoms with Gasteiger partial charge in [-0.25, -0.2) is 0 Å². The summed E-state index contributed by atoms with van der Waals surface area (Å²) in [5, 5.41) is 9.60. The molecular formula is C15H26N2O2. The van der Waals surface area contributed by atoms with E-state index in [0.29, 0.717) is 0 Å². The Labute approximate surface area is 116 Å². The van der Waals surface area contributed by atoms with Gasteiger partial charge < -0.3 is 20.5 Å². The molecule has 4 nitrogen and oxygen atoms in total. The first-order valence-electron chi connectivity index (χ1n) is 6.75. The van der Waals surface area contributed by atoms with Crippen molar-refractivity contribution in [2.75, 3.05) is 40.5 Å². The van der Waals surface area contributed by atoms with E-state index in [1.807, 2.05) is 30.3 Å². The van der Waals surface area contributed by atoms with Crippen LogP contribution >= 0.6 is 0 Å². The fourth-order valence-corrected chi connectivity index (χ4v) is 2.07. The van der Waals surface area contributed by atoms with Crippen molar-refractivity contribution in [3.63, 3.8) is 0 Å². The lowest BCUT2D eigenvalue weighted by Crippen LogP contribution is -2.43. The van der Waals surface area contributed by atoms with Crippen molar-refractivity contribution in [2.24, 2.45) is 5.73 Å². The van der Waals surface area contributed by atoms with Crippen LogP contribution in [-0.2, 0) is 10.3 Å². The Kier molecular flexibility index (Phi) is 7.02. The number of nitrogens with zero attached hydrogens (tertiary/aromatic N) is 1. The Morgan fingerprint density at radius 3 is 2.53 bits per heavy atom. The number of aliphatic hydroxyl groups is 1. The lowest BCUT2D eigenvalue weighted by molar-refractivity contribution is 0.158. The van der Waals surface area contributed by atoms with Crippen molar-refractivity contribution in [1.82, 2.24) is 4.90 Å². The molecule has 0 aromatic heterocycles. The lowest BCUT2D eigenvalue weighted by Gasteiger charge is -2.30. The SMILES string of the molecule is COCCCN(C)CCC(N)(CO)c1ccccc1. The van der Waals surface area contributed by atoms with Gasteiger partial charge in [0, 0.05) is 20.3 Å². The van der Waals surface area contributed by atoms with Gasteiger partial charge in [-0.15, -0.1) is 0 Å². The van der Waals surface area contributed by atoms with Crippen molar-refractivity contribution >= 4 is 0 Å². The summed E-state index contributed by atoms with van der Waals surface area (Å²) < 4.78 is 5.04. The number of hydrogen-bond acceptors (Lipinski definition) is 4. The first-order chi connectivity index (χ1) is 9.12. The Hall–Kier alpha value is -0.940. The Morgan fingerprint density at radius 1 is 1.26 bits per heavy atom. The smallest absolute Gasteiger partial charge is 0.0656 e. The molecule has 4 heteroatoms. The average Bonchev–Trinajstić information content (AvgIpc) is 2.46. The summed E-state index contributed by atoms with van der Waals surface area (Å²) in [5.74, 6) is 0. The van der Waals surface area contributed by atoms with Gasteiger partial charge in [0.25, 0.3) is 0 Å². The summed E-state index contributed by atoms with van der Waals surface area (Å²) in [7, 11) is 3.78. The van der Waals surface area contributed by atoms with Gasteiger partial charge in [-0.1, -0.05) is 30.3 Å². The van der Waals surface area contributed by atoms with Crippen LogP contribution in [0.4, 0.5) is 0 Å². The van der Waals surface area contributed by atoms with E-state index < -0.39 is 5.54 Å². The summed E-state index contributed by atoms with van der Waals surface area (Å²) in [6.07, 6.45) is 1.74. The third-order valence-electron chi connectivity index (χ3n) is 3.46. The maximum absolute atomic E-state index is 9.60. The summed E-state index contributed by atoms with van der Waals surface area (Å²) in [6, 6.07) is 9.81. The molecule has 108 valence electrons. The van der Waals surface area contributed by atoms with Gasteiger partial charge >= 0.3 is 0 Å². The molecule has 0 spiro atoms. The summed E-state index contributed by atoms with van der Waals surface area (Å²) >= 11 is 0. The molecule has 0 aliphatic carbocycles. The number of ether oxygens (including phenoxy) is 1. The summed E-state index contributed by atoms with van der Waals surface area (Å²) in [5.41, 5.74) is 6.65. The highest BCUT2D eigenvalue weighted by Gasteiger charge is 2.26. The molecule has 0 amide bonds. The average molecular weight is 266 g/mol. The minimum absolute atomic E-state index is 0.0388. The van der Waals surface area contributed by atoms with E-state index in [-0.39, 0.29) is 6.61 Å². The van der Waals surface area contributed by atoms with E-state index in [9.17, 15) is 5.11 Å². The van der Waals surface area contributed by atoms with Crippen LogP contribution in [0.3, 0.4) is 0 Å². The normalized spacial score (nSPS) is 14.6. The van der Waals surface area contributed by atoms with Crippen LogP contribution < -0.4 is 5.73 Å². The Morgan fingerprint density at radius 2 is 1.95 bits per heavy atom. The summed E-state index contributed by atoms with van der Waals surface area (Å²) in [4.78, 5) is 2.22. The van der Waals surface area contributed by atoms with E-state index >= 15 is 0 Å². The first-order valence-corrected chi connectivity index (χ1v) is 6.75. The highest BCUT2D eigenvalue weighted by Crippen LogP contribution is 2.21. The summed E-state index contributed by atoms with van der Waals surface area (Å²) in [6.45, 7) is 2.57. The van der Waals surface area contributed by atoms with Crippen molar-refractivity contribution in [3.05, 3.63) is 35.9 Å². The molecule has 3 N–H and O–H groups in total. The molecular weight excluding hydrogens is 240 g/mol. The molecule has 1 aromatic carbocycles. The third kappa shape index (κ3) is 5.28. The zero-order valence-corrected chi connectivity index (χ0v) is 12.0. The highest BCUT2D eigenvalue weighted by molar-refractivity contribution is 5.24. The van der Waals surface area contributed by atoms with Crippen LogP contribution in [0, 0.1) is 0 Å². The quantitative estimate of drug-likeness (QED) is 0.659. The minimum Gasteiger partial charge on any atom is -0.394 e. The number of benzene rings is 1. The second-order valence-corrected chi connectivity index (χ2v) is 5.08. The maximum atomic E-state index is 9.60. The van der Waals surface area contributed by atoms with Crippen LogP contribution in [0.2, 0.25) is 0 Å². The topological polar surface area (TPSA) is 58.7 Å². The molecule has 0 saturated carbocycles. The van der Waals surface area contributed by atoms with Crippen LogP contribution in [0.1, 0.15) is 18.4 Å². The van der Waals surface area contributed by atoms with Gasteiger partial charge in [-0.05, 0) is 32.0 Å². The zero-order chi connectivity index (χ0) is 14.1. The first kappa shape index (κ1) is 16.1. The van der Waals surface area contributed by atoms with E-state index in [4.69, 9.17) is 10.5 Å². The molecule has 1 unspecified atom stereocenters. The molecule has 1 rings (SSSR count). The number of nitrogens with two attached hydrogens (primary N) is 1. The number of methoxy groups -OCH3 is 1. The molecule has 0 aliphatic rings. The molecule has 0 heterocycles. The molecule has 0 saturated heterocycles. The van der Waals surface area contributed by atoms with Gasteiger partial charge in [0.15, 0.2) is 0 Å².